The quantitative estimate of drug-likeness (QED) is 0.846. The Morgan fingerprint density at radius 1 is 1.29 bits per heavy atom. The SMILES string of the molecule is CC(C)(C)c1cc(S(C)(=O)=O)nc2[nH]ccc12. The molecule has 0 aliphatic heterocycles. The van der Waals surface area contributed by atoms with Gasteiger partial charge in [0.25, 0.3) is 0 Å². The fraction of sp³-hybridized carbons (Fsp3) is 0.417. The average Bonchev–Trinajstić information content (AvgIpc) is 2.59. The molecule has 0 aliphatic rings. The lowest BCUT2D eigenvalue weighted by Crippen LogP contribution is -2.14. The molecule has 0 bridgehead atoms. The maximum absolute atomic E-state index is 11.6. The molecule has 2 rings (SSSR count). The zero-order valence-electron chi connectivity index (χ0n) is 10.4. The topological polar surface area (TPSA) is 62.8 Å². The van der Waals surface area contributed by atoms with Gasteiger partial charge in [0.2, 0.25) is 0 Å². The van der Waals surface area contributed by atoms with E-state index in [1.165, 1.54) is 6.26 Å². The molecule has 0 radical (unpaired) electrons. The molecule has 0 spiro atoms. The smallest absolute Gasteiger partial charge is 0.192 e. The van der Waals surface area contributed by atoms with Gasteiger partial charge in [0, 0.05) is 17.8 Å². The second-order valence-electron chi connectivity index (χ2n) is 5.27. The van der Waals surface area contributed by atoms with Crippen LogP contribution in [0, 0.1) is 0 Å². The van der Waals surface area contributed by atoms with Crippen molar-refractivity contribution in [1.82, 2.24) is 9.97 Å². The van der Waals surface area contributed by atoms with Crippen molar-refractivity contribution in [3.63, 3.8) is 0 Å². The van der Waals surface area contributed by atoms with E-state index in [9.17, 15) is 8.42 Å². The van der Waals surface area contributed by atoms with Crippen LogP contribution in [0.4, 0.5) is 0 Å². The molecule has 0 amide bonds. The van der Waals surface area contributed by atoms with Crippen LogP contribution in [0.2, 0.25) is 0 Å². The van der Waals surface area contributed by atoms with Crippen molar-refractivity contribution in [3.8, 4) is 0 Å². The summed E-state index contributed by atoms with van der Waals surface area (Å²) in [6.45, 7) is 6.17. The highest BCUT2D eigenvalue weighted by molar-refractivity contribution is 7.90. The Bertz CT molecular complexity index is 663. The third-order valence-electron chi connectivity index (χ3n) is 2.69. The number of nitrogens with one attached hydrogen (secondary N) is 1. The Morgan fingerprint density at radius 2 is 1.94 bits per heavy atom. The summed E-state index contributed by atoms with van der Waals surface area (Å²) >= 11 is 0. The van der Waals surface area contributed by atoms with Gasteiger partial charge in [0.15, 0.2) is 14.9 Å². The predicted octanol–water partition coefficient (Wildman–Crippen LogP) is 2.26. The number of sulfone groups is 1. The number of H-pyrrole nitrogens is 1. The molecule has 0 aliphatic carbocycles. The van der Waals surface area contributed by atoms with E-state index in [-0.39, 0.29) is 10.4 Å². The minimum atomic E-state index is -3.29. The number of hydrogen-bond acceptors (Lipinski definition) is 3. The fourth-order valence-corrected chi connectivity index (χ4v) is 2.41. The lowest BCUT2D eigenvalue weighted by molar-refractivity contribution is 0.586. The number of aromatic nitrogens is 2. The van der Waals surface area contributed by atoms with Crippen molar-refractivity contribution in [2.45, 2.75) is 31.2 Å². The molecule has 0 unspecified atom stereocenters. The van der Waals surface area contributed by atoms with Gasteiger partial charge >= 0.3 is 0 Å². The van der Waals surface area contributed by atoms with Gasteiger partial charge in [-0.15, -0.1) is 0 Å². The van der Waals surface area contributed by atoms with Crippen molar-refractivity contribution in [1.29, 1.82) is 0 Å². The zero-order valence-corrected chi connectivity index (χ0v) is 11.2. The Hall–Kier alpha value is -1.36. The molecule has 0 aromatic carbocycles. The van der Waals surface area contributed by atoms with Crippen LogP contribution in [0.15, 0.2) is 23.4 Å². The van der Waals surface area contributed by atoms with Gasteiger partial charge < -0.3 is 4.98 Å². The maximum atomic E-state index is 11.6. The van der Waals surface area contributed by atoms with Crippen LogP contribution in [-0.4, -0.2) is 24.6 Å². The molecular weight excluding hydrogens is 236 g/mol. The summed E-state index contributed by atoms with van der Waals surface area (Å²) in [4.78, 5) is 7.11. The van der Waals surface area contributed by atoms with E-state index in [0.717, 1.165) is 10.9 Å². The summed E-state index contributed by atoms with van der Waals surface area (Å²) in [6, 6.07) is 3.60. The number of fused-ring (bicyclic) bond motifs is 1. The first-order valence-corrected chi connectivity index (χ1v) is 7.27. The van der Waals surface area contributed by atoms with Gasteiger partial charge in [-0.25, -0.2) is 13.4 Å². The first-order valence-electron chi connectivity index (χ1n) is 5.38. The Kier molecular flexibility index (Phi) is 2.54. The van der Waals surface area contributed by atoms with Crippen LogP contribution in [-0.2, 0) is 15.3 Å². The number of hydrogen-bond donors (Lipinski definition) is 1. The molecule has 17 heavy (non-hydrogen) atoms. The molecule has 2 aromatic rings. The van der Waals surface area contributed by atoms with Crippen molar-refractivity contribution in [3.05, 3.63) is 23.9 Å². The summed E-state index contributed by atoms with van der Waals surface area (Å²) in [7, 11) is -3.29. The van der Waals surface area contributed by atoms with E-state index in [2.05, 4.69) is 30.7 Å². The molecule has 1 N–H and O–H groups in total. The Morgan fingerprint density at radius 3 is 2.47 bits per heavy atom. The van der Waals surface area contributed by atoms with E-state index >= 15 is 0 Å². The molecule has 92 valence electrons. The van der Waals surface area contributed by atoms with Gasteiger partial charge in [-0.1, -0.05) is 20.8 Å². The first kappa shape index (κ1) is 12.1. The molecule has 4 nitrogen and oxygen atoms in total. The summed E-state index contributed by atoms with van der Waals surface area (Å²) in [6.07, 6.45) is 2.95. The third kappa shape index (κ3) is 2.20. The summed E-state index contributed by atoms with van der Waals surface area (Å²) < 4.78 is 23.2. The van der Waals surface area contributed by atoms with E-state index in [1.807, 2.05) is 6.07 Å². The lowest BCUT2D eigenvalue weighted by atomic mass is 9.86. The van der Waals surface area contributed by atoms with Crippen molar-refractivity contribution in [2.75, 3.05) is 6.26 Å². The van der Waals surface area contributed by atoms with Crippen LogP contribution in [0.5, 0.6) is 0 Å². The molecular formula is C12H16N2O2S. The second-order valence-corrected chi connectivity index (χ2v) is 7.23. The largest absolute Gasteiger partial charge is 0.346 e. The maximum Gasteiger partial charge on any atom is 0.192 e. The van der Waals surface area contributed by atoms with E-state index in [4.69, 9.17) is 0 Å². The molecule has 0 atom stereocenters. The molecule has 2 heterocycles. The first-order chi connectivity index (χ1) is 7.69. The minimum Gasteiger partial charge on any atom is -0.346 e. The third-order valence-corrected chi connectivity index (χ3v) is 3.66. The summed E-state index contributed by atoms with van der Waals surface area (Å²) in [5.74, 6) is 0. The lowest BCUT2D eigenvalue weighted by Gasteiger charge is -2.20. The van der Waals surface area contributed by atoms with E-state index in [1.54, 1.807) is 12.3 Å². The molecule has 0 saturated carbocycles. The molecule has 5 heteroatoms. The average molecular weight is 252 g/mol. The highest BCUT2D eigenvalue weighted by Gasteiger charge is 2.21. The summed E-state index contributed by atoms with van der Waals surface area (Å²) in [5, 5.41) is 1.10. The number of rotatable bonds is 1. The number of pyridine rings is 1. The van der Waals surface area contributed by atoms with Crippen molar-refractivity contribution in [2.24, 2.45) is 0 Å². The zero-order chi connectivity index (χ0) is 12.8. The number of aromatic amines is 1. The van der Waals surface area contributed by atoms with Gasteiger partial charge in [-0.2, -0.15) is 0 Å². The normalized spacial score (nSPS) is 13.2. The predicted molar refractivity (Wildman–Crippen MR) is 67.9 cm³/mol. The summed E-state index contributed by atoms with van der Waals surface area (Å²) in [5.41, 5.74) is 1.49. The van der Waals surface area contributed by atoms with Crippen molar-refractivity contribution < 1.29 is 8.42 Å². The van der Waals surface area contributed by atoms with Gasteiger partial charge in [0.1, 0.15) is 5.65 Å². The van der Waals surface area contributed by atoms with Gasteiger partial charge in [0.05, 0.1) is 0 Å². The van der Waals surface area contributed by atoms with Crippen LogP contribution in [0.1, 0.15) is 26.3 Å². The Balaban J connectivity index is 2.86. The highest BCUT2D eigenvalue weighted by atomic mass is 32.2. The fourth-order valence-electron chi connectivity index (χ4n) is 1.82. The second kappa shape index (κ2) is 3.57. The van der Waals surface area contributed by atoms with E-state index in [0.29, 0.717) is 5.65 Å². The van der Waals surface area contributed by atoms with Crippen molar-refractivity contribution >= 4 is 20.9 Å². The van der Waals surface area contributed by atoms with Crippen LogP contribution < -0.4 is 0 Å². The molecule has 0 fully saturated rings. The minimum absolute atomic E-state index is 0.122. The van der Waals surface area contributed by atoms with Crippen LogP contribution >= 0.6 is 0 Å². The molecule has 0 saturated heterocycles. The standard InChI is InChI=1S/C12H16N2O2S/c1-12(2,3)9-7-10(17(4,15)16)14-11-8(9)5-6-13-11/h5-7H,1-4H3,(H,13,14). The molecule has 2 aromatic heterocycles. The monoisotopic (exact) mass is 252 g/mol. The number of nitrogens with zero attached hydrogens (tertiary/aromatic N) is 1. The van der Waals surface area contributed by atoms with Crippen LogP contribution in [0.3, 0.4) is 0 Å². The van der Waals surface area contributed by atoms with Crippen LogP contribution in [0.25, 0.3) is 11.0 Å². The Labute approximate surface area is 101 Å². The highest BCUT2D eigenvalue weighted by Crippen LogP contribution is 2.30. The van der Waals surface area contributed by atoms with E-state index < -0.39 is 9.84 Å². The van der Waals surface area contributed by atoms with Gasteiger partial charge in [-0.05, 0) is 23.1 Å². The van der Waals surface area contributed by atoms with Gasteiger partial charge in [-0.3, -0.25) is 0 Å².